The van der Waals surface area contributed by atoms with Crippen LogP contribution in [0.25, 0.3) is 58.9 Å². The second-order valence-corrected chi connectivity index (χ2v) is 16.0. The molecule has 0 N–H and O–H groups in total. The van der Waals surface area contributed by atoms with E-state index in [9.17, 15) is 0 Å². The molecule has 0 atom stereocenters. The Kier molecular flexibility index (Phi) is 8.19. The molecule has 1 aromatic heterocycles. The Bertz CT molecular complexity index is 3140. The van der Waals surface area contributed by atoms with Crippen molar-refractivity contribution in [3.8, 4) is 11.1 Å². The number of hydrogen-bond donors (Lipinski definition) is 0. The molecule has 0 fully saturated rings. The van der Waals surface area contributed by atoms with E-state index in [2.05, 4.69) is 216 Å². The van der Waals surface area contributed by atoms with Crippen LogP contribution in [0, 0.1) is 0 Å². The van der Waals surface area contributed by atoms with Gasteiger partial charge in [-0.15, -0.1) is 11.3 Å². The number of para-hydroxylation sites is 1. The number of thiophene rings is 1. The zero-order valence-corrected chi connectivity index (χ0v) is 32.2. The summed E-state index contributed by atoms with van der Waals surface area (Å²) in [5.41, 5.74) is 11.8. The highest BCUT2D eigenvalue weighted by molar-refractivity contribution is 7.26. The summed E-state index contributed by atoms with van der Waals surface area (Å²) < 4.78 is 2.54. The van der Waals surface area contributed by atoms with Gasteiger partial charge in [-0.2, -0.15) is 0 Å². The molecule has 0 unspecified atom stereocenters. The van der Waals surface area contributed by atoms with Crippen molar-refractivity contribution in [3.63, 3.8) is 0 Å². The van der Waals surface area contributed by atoms with Gasteiger partial charge in [0.2, 0.25) is 0 Å². The van der Waals surface area contributed by atoms with Gasteiger partial charge >= 0.3 is 0 Å². The summed E-state index contributed by atoms with van der Waals surface area (Å²) in [6, 6.07) is 71.5. The Hall–Kier alpha value is -6.94. The number of aryl methyl sites for hydroxylation is 1. The summed E-state index contributed by atoms with van der Waals surface area (Å²) in [4.78, 5) is 5.00. The maximum atomic E-state index is 2.50. The molecule has 9 aromatic carbocycles. The lowest BCUT2D eigenvalue weighted by atomic mass is 9.96. The van der Waals surface area contributed by atoms with Gasteiger partial charge < -0.3 is 9.80 Å². The van der Waals surface area contributed by atoms with E-state index in [4.69, 9.17) is 0 Å². The molecule has 0 radical (unpaired) electrons. The first-order valence-electron chi connectivity index (χ1n) is 19.7. The Labute approximate surface area is 336 Å². The van der Waals surface area contributed by atoms with E-state index in [1.807, 2.05) is 11.3 Å². The van der Waals surface area contributed by atoms with E-state index in [-0.39, 0.29) is 0 Å². The van der Waals surface area contributed by atoms with Gasteiger partial charge in [-0.3, -0.25) is 0 Å². The number of benzene rings is 9. The first-order valence-corrected chi connectivity index (χ1v) is 20.5. The van der Waals surface area contributed by atoms with Crippen LogP contribution in [0.5, 0.6) is 0 Å². The summed E-state index contributed by atoms with van der Waals surface area (Å²) in [6.07, 6.45) is 6.65. The monoisotopic (exact) mass is 746 g/mol. The van der Waals surface area contributed by atoms with Crippen LogP contribution in [-0.2, 0) is 6.42 Å². The number of anilines is 6. The van der Waals surface area contributed by atoms with Crippen LogP contribution >= 0.6 is 11.3 Å². The molecule has 0 spiro atoms. The van der Waals surface area contributed by atoms with Crippen molar-refractivity contribution in [1.82, 2.24) is 0 Å². The number of rotatable bonds is 7. The number of hydrogen-bond acceptors (Lipinski definition) is 3. The molecule has 57 heavy (non-hydrogen) atoms. The predicted molar refractivity (Wildman–Crippen MR) is 246 cm³/mol. The first kappa shape index (κ1) is 33.4. The quantitative estimate of drug-likeness (QED) is 0.160. The number of allylic oxidation sites excluding steroid dienone is 1. The van der Waals surface area contributed by atoms with E-state index in [1.54, 1.807) is 0 Å². The molecule has 1 aliphatic carbocycles. The molecule has 0 saturated heterocycles. The van der Waals surface area contributed by atoms with Gasteiger partial charge in [-0.25, -0.2) is 0 Å². The van der Waals surface area contributed by atoms with Gasteiger partial charge in [0.1, 0.15) is 0 Å². The molecule has 0 saturated carbocycles. The van der Waals surface area contributed by atoms with Crippen LogP contribution in [0.2, 0.25) is 0 Å². The van der Waals surface area contributed by atoms with Crippen LogP contribution in [0.15, 0.2) is 200 Å². The molecule has 2 nitrogen and oxygen atoms in total. The maximum absolute atomic E-state index is 2.50. The lowest BCUT2D eigenvalue weighted by Crippen LogP contribution is -2.17. The van der Waals surface area contributed by atoms with Crippen LogP contribution < -0.4 is 9.80 Å². The Morgan fingerprint density at radius 1 is 0.421 bits per heavy atom. The van der Waals surface area contributed by atoms with Gasteiger partial charge in [0.05, 0.1) is 11.4 Å². The third-order valence-electron chi connectivity index (χ3n) is 11.4. The summed E-state index contributed by atoms with van der Waals surface area (Å²) in [5.74, 6) is 0. The normalized spacial score (nSPS) is 12.4. The van der Waals surface area contributed by atoms with Gasteiger partial charge in [-0.1, -0.05) is 133 Å². The molecule has 0 bridgehead atoms. The summed E-state index contributed by atoms with van der Waals surface area (Å²) in [7, 11) is 0. The van der Waals surface area contributed by atoms with E-state index >= 15 is 0 Å². The zero-order valence-electron chi connectivity index (χ0n) is 31.3. The predicted octanol–water partition coefficient (Wildman–Crippen LogP) is 15.9. The SMILES string of the molecule is C1=Cc2ccc(N(c3cccc(-c4ccccc4)c3)c3ccc4sc5cc6ccccc6cc5c4c3N(c3ccccc3)c3ccc4ccccc4c3)cc2CC1. The third kappa shape index (κ3) is 5.96. The third-order valence-corrected chi connectivity index (χ3v) is 12.5. The summed E-state index contributed by atoms with van der Waals surface area (Å²) in [5, 5.41) is 7.45. The van der Waals surface area contributed by atoms with Crippen molar-refractivity contribution in [3.05, 3.63) is 211 Å². The van der Waals surface area contributed by atoms with Crippen LogP contribution in [-0.4, -0.2) is 0 Å². The maximum Gasteiger partial charge on any atom is 0.0796 e. The molecular weight excluding hydrogens is 709 g/mol. The van der Waals surface area contributed by atoms with Gasteiger partial charge in [0.25, 0.3) is 0 Å². The van der Waals surface area contributed by atoms with E-state index in [0.29, 0.717) is 0 Å². The second-order valence-electron chi connectivity index (χ2n) is 14.9. The lowest BCUT2D eigenvalue weighted by Gasteiger charge is -2.34. The van der Waals surface area contributed by atoms with E-state index in [0.717, 1.165) is 47.0 Å². The van der Waals surface area contributed by atoms with E-state index < -0.39 is 0 Å². The average molecular weight is 747 g/mol. The van der Waals surface area contributed by atoms with Gasteiger partial charge in [0, 0.05) is 42.9 Å². The highest BCUT2D eigenvalue weighted by Gasteiger charge is 2.27. The number of nitrogens with zero attached hydrogens (tertiary/aromatic N) is 2. The molecule has 10 aromatic rings. The van der Waals surface area contributed by atoms with Crippen LogP contribution in [0.3, 0.4) is 0 Å². The Morgan fingerprint density at radius 2 is 1.07 bits per heavy atom. The first-order chi connectivity index (χ1) is 28.2. The minimum Gasteiger partial charge on any atom is -0.308 e. The summed E-state index contributed by atoms with van der Waals surface area (Å²) in [6.45, 7) is 0. The highest BCUT2D eigenvalue weighted by Crippen LogP contribution is 2.53. The standard InChI is InChI=1S/C54H38N2S/c1-3-14-37(15-4-1)42-22-13-25-46(32-42)55(47-28-26-38-16-7-9-18-40(38)33-47)50-30-31-51-53(49-35-43-20-11-12-21-44(43)36-52(49)57-51)54(50)56(45-23-5-2-6-24-45)48-29-27-39-17-8-10-19-41(39)34-48/h1-8,10-17,19-36H,9,18H2. The lowest BCUT2D eigenvalue weighted by molar-refractivity contribution is 0.984. The molecule has 11 rings (SSSR count). The van der Waals surface area contributed by atoms with Gasteiger partial charge in [0.15, 0.2) is 0 Å². The van der Waals surface area contributed by atoms with Crippen molar-refractivity contribution in [2.75, 3.05) is 9.80 Å². The van der Waals surface area contributed by atoms with E-state index in [1.165, 1.54) is 64.0 Å². The Morgan fingerprint density at radius 3 is 1.89 bits per heavy atom. The van der Waals surface area contributed by atoms with Gasteiger partial charge in [-0.05, 0) is 129 Å². The molecule has 1 heterocycles. The largest absolute Gasteiger partial charge is 0.308 e. The minimum absolute atomic E-state index is 1.03. The minimum atomic E-state index is 1.03. The van der Waals surface area contributed by atoms with Crippen molar-refractivity contribution in [2.45, 2.75) is 12.8 Å². The summed E-state index contributed by atoms with van der Waals surface area (Å²) >= 11 is 1.88. The fourth-order valence-corrected chi connectivity index (χ4v) is 9.81. The fourth-order valence-electron chi connectivity index (χ4n) is 8.67. The molecule has 0 aliphatic heterocycles. The fraction of sp³-hybridized carbons (Fsp3) is 0.0370. The van der Waals surface area contributed by atoms with Crippen molar-refractivity contribution in [1.29, 1.82) is 0 Å². The van der Waals surface area contributed by atoms with Crippen LogP contribution in [0.4, 0.5) is 34.1 Å². The van der Waals surface area contributed by atoms with Crippen molar-refractivity contribution < 1.29 is 0 Å². The smallest absolute Gasteiger partial charge is 0.0796 e. The Balaban J connectivity index is 1.27. The average Bonchev–Trinajstić information content (AvgIpc) is 3.64. The second kappa shape index (κ2) is 14.0. The van der Waals surface area contributed by atoms with Crippen molar-refractivity contribution in [2.24, 2.45) is 0 Å². The topological polar surface area (TPSA) is 6.48 Å². The zero-order chi connectivity index (χ0) is 37.7. The molecule has 3 heteroatoms. The molecule has 1 aliphatic rings. The number of fused-ring (bicyclic) bond motifs is 6. The molecular formula is C54H38N2S. The molecule has 270 valence electrons. The van der Waals surface area contributed by atoms with Crippen LogP contribution in [0.1, 0.15) is 17.5 Å². The van der Waals surface area contributed by atoms with Crippen molar-refractivity contribution >= 4 is 93.3 Å². The highest BCUT2D eigenvalue weighted by atomic mass is 32.1. The molecule has 0 amide bonds.